The minimum absolute atomic E-state index is 0.296. The van der Waals surface area contributed by atoms with Crippen LogP contribution in [0.25, 0.3) is 22.6 Å². The van der Waals surface area contributed by atoms with Crippen LogP contribution in [0.2, 0.25) is 10.0 Å². The van der Waals surface area contributed by atoms with E-state index >= 15 is 0 Å². The monoisotopic (exact) mass is 396 g/mol. The Morgan fingerprint density at radius 1 is 1.07 bits per heavy atom. The van der Waals surface area contributed by atoms with Crippen LogP contribution in [0.5, 0.6) is 0 Å². The molecule has 0 saturated heterocycles. The second-order valence-corrected chi connectivity index (χ2v) is 6.91. The molecule has 134 valence electrons. The van der Waals surface area contributed by atoms with Gasteiger partial charge in [-0.25, -0.2) is 9.97 Å². The molecule has 5 nitrogen and oxygen atoms in total. The fraction of sp³-hybridized carbons (Fsp3) is 0.0500. The van der Waals surface area contributed by atoms with Crippen LogP contribution in [-0.4, -0.2) is 20.9 Å². The summed E-state index contributed by atoms with van der Waals surface area (Å²) in [6.07, 6.45) is 1.76. The first-order valence-corrected chi connectivity index (χ1v) is 8.95. The number of amides is 1. The van der Waals surface area contributed by atoms with Crippen molar-refractivity contribution in [2.45, 2.75) is 6.92 Å². The van der Waals surface area contributed by atoms with Crippen LogP contribution < -0.4 is 5.32 Å². The zero-order valence-corrected chi connectivity index (χ0v) is 15.8. The van der Waals surface area contributed by atoms with E-state index in [0.717, 1.165) is 11.1 Å². The highest BCUT2D eigenvalue weighted by Gasteiger charge is 2.14. The third-order valence-electron chi connectivity index (χ3n) is 4.07. The summed E-state index contributed by atoms with van der Waals surface area (Å²) < 4.78 is 0. The highest BCUT2D eigenvalue weighted by molar-refractivity contribution is 6.34. The van der Waals surface area contributed by atoms with Gasteiger partial charge in [0.2, 0.25) is 0 Å². The lowest BCUT2D eigenvalue weighted by atomic mass is 10.1. The second-order valence-electron chi connectivity index (χ2n) is 6.10. The Labute approximate surface area is 165 Å². The van der Waals surface area contributed by atoms with Gasteiger partial charge in [0.05, 0.1) is 21.1 Å². The van der Waals surface area contributed by atoms with E-state index in [9.17, 15) is 4.79 Å². The summed E-state index contributed by atoms with van der Waals surface area (Å²) in [6.45, 7) is 1.96. The van der Waals surface area contributed by atoms with Crippen molar-refractivity contribution >= 4 is 46.0 Å². The Kier molecular flexibility index (Phi) is 4.56. The van der Waals surface area contributed by atoms with Crippen molar-refractivity contribution in [3.63, 3.8) is 0 Å². The molecule has 1 amide bonds. The summed E-state index contributed by atoms with van der Waals surface area (Å²) in [6, 6.07) is 14.1. The molecule has 2 heterocycles. The lowest BCUT2D eigenvalue weighted by Crippen LogP contribution is -2.12. The Hall–Kier alpha value is -2.89. The van der Waals surface area contributed by atoms with Crippen LogP contribution >= 0.6 is 23.2 Å². The highest BCUT2D eigenvalue weighted by atomic mass is 35.5. The number of pyridine rings is 1. The van der Waals surface area contributed by atoms with E-state index in [0.29, 0.717) is 38.3 Å². The Bertz CT molecular complexity index is 1170. The third-order valence-corrected chi connectivity index (χ3v) is 4.73. The summed E-state index contributed by atoms with van der Waals surface area (Å²) in [4.78, 5) is 24.5. The normalized spacial score (nSPS) is 10.9. The number of benzene rings is 2. The van der Waals surface area contributed by atoms with Crippen LogP contribution in [0.4, 0.5) is 5.69 Å². The van der Waals surface area contributed by atoms with Crippen molar-refractivity contribution in [2.24, 2.45) is 0 Å². The molecule has 2 aromatic heterocycles. The number of rotatable bonds is 3. The molecule has 0 atom stereocenters. The van der Waals surface area contributed by atoms with Gasteiger partial charge in [-0.05, 0) is 48.9 Å². The highest BCUT2D eigenvalue weighted by Crippen LogP contribution is 2.30. The number of nitrogens with one attached hydrogen (secondary N) is 2. The van der Waals surface area contributed by atoms with Gasteiger partial charge < -0.3 is 10.3 Å². The van der Waals surface area contributed by atoms with E-state index in [1.165, 1.54) is 0 Å². The molecular formula is C20H14Cl2N4O. The molecule has 0 unspecified atom stereocenters. The van der Waals surface area contributed by atoms with E-state index in [1.54, 1.807) is 48.7 Å². The summed E-state index contributed by atoms with van der Waals surface area (Å²) in [7, 11) is 0. The summed E-state index contributed by atoms with van der Waals surface area (Å²) >= 11 is 12.4. The standard InChI is InChI=1S/C20H14Cl2N4O/c1-11-8-17-19(23-10-11)26-18(25-17)14-9-12(6-7-16(14)22)24-20(27)13-4-2-3-5-15(13)21/h2-10H,1H3,(H,24,27)(H,23,25,26). The van der Waals surface area contributed by atoms with Gasteiger partial charge in [0.1, 0.15) is 5.82 Å². The molecule has 0 aliphatic carbocycles. The first kappa shape index (κ1) is 17.5. The van der Waals surface area contributed by atoms with Crippen molar-refractivity contribution in [1.82, 2.24) is 15.0 Å². The molecule has 0 aliphatic heterocycles. The predicted octanol–water partition coefficient (Wildman–Crippen LogP) is 5.49. The molecule has 0 bridgehead atoms. The van der Waals surface area contributed by atoms with Crippen LogP contribution in [0, 0.1) is 6.92 Å². The largest absolute Gasteiger partial charge is 0.337 e. The number of hydrogen-bond acceptors (Lipinski definition) is 3. The number of aromatic nitrogens is 3. The number of fused-ring (bicyclic) bond motifs is 1. The van der Waals surface area contributed by atoms with Gasteiger partial charge in [-0.3, -0.25) is 4.79 Å². The summed E-state index contributed by atoms with van der Waals surface area (Å²) in [5.41, 5.74) is 4.13. The number of imidazole rings is 1. The zero-order chi connectivity index (χ0) is 19.0. The van der Waals surface area contributed by atoms with E-state index in [-0.39, 0.29) is 5.91 Å². The van der Waals surface area contributed by atoms with Gasteiger partial charge in [-0.15, -0.1) is 0 Å². The molecule has 2 N–H and O–H groups in total. The van der Waals surface area contributed by atoms with E-state index in [1.807, 2.05) is 13.0 Å². The van der Waals surface area contributed by atoms with Crippen LogP contribution in [0.1, 0.15) is 15.9 Å². The van der Waals surface area contributed by atoms with Gasteiger partial charge in [0.25, 0.3) is 5.91 Å². The van der Waals surface area contributed by atoms with Crippen molar-refractivity contribution in [3.8, 4) is 11.4 Å². The van der Waals surface area contributed by atoms with Crippen molar-refractivity contribution in [2.75, 3.05) is 5.32 Å². The maximum Gasteiger partial charge on any atom is 0.257 e. The Morgan fingerprint density at radius 2 is 1.89 bits per heavy atom. The lowest BCUT2D eigenvalue weighted by molar-refractivity contribution is 0.102. The molecule has 2 aromatic carbocycles. The average molecular weight is 397 g/mol. The van der Waals surface area contributed by atoms with Crippen LogP contribution in [-0.2, 0) is 0 Å². The fourth-order valence-corrected chi connectivity index (χ4v) is 3.19. The molecule has 0 fully saturated rings. The van der Waals surface area contributed by atoms with Crippen molar-refractivity contribution in [3.05, 3.63) is 75.9 Å². The smallest absolute Gasteiger partial charge is 0.257 e. The van der Waals surface area contributed by atoms with Gasteiger partial charge in [0.15, 0.2) is 5.65 Å². The van der Waals surface area contributed by atoms with Gasteiger partial charge >= 0.3 is 0 Å². The van der Waals surface area contributed by atoms with Gasteiger partial charge in [0, 0.05) is 17.4 Å². The Morgan fingerprint density at radius 3 is 2.70 bits per heavy atom. The van der Waals surface area contributed by atoms with Crippen molar-refractivity contribution < 1.29 is 4.79 Å². The topological polar surface area (TPSA) is 70.7 Å². The van der Waals surface area contributed by atoms with Gasteiger partial charge in [-0.1, -0.05) is 35.3 Å². The number of carbonyl (C=O) groups excluding carboxylic acids is 1. The molecule has 0 spiro atoms. The molecule has 0 aliphatic rings. The number of H-pyrrole nitrogens is 1. The van der Waals surface area contributed by atoms with Crippen molar-refractivity contribution in [1.29, 1.82) is 0 Å². The zero-order valence-electron chi connectivity index (χ0n) is 14.3. The molecule has 27 heavy (non-hydrogen) atoms. The number of aromatic amines is 1. The number of hydrogen-bond donors (Lipinski definition) is 2. The molecule has 0 radical (unpaired) electrons. The van der Waals surface area contributed by atoms with E-state index < -0.39 is 0 Å². The minimum Gasteiger partial charge on any atom is -0.337 e. The first-order chi connectivity index (χ1) is 13.0. The molecule has 7 heteroatoms. The summed E-state index contributed by atoms with van der Waals surface area (Å²) in [5, 5.41) is 3.75. The number of carbonyl (C=O) groups is 1. The van der Waals surface area contributed by atoms with Gasteiger partial charge in [-0.2, -0.15) is 0 Å². The molecular weight excluding hydrogens is 383 g/mol. The quantitative estimate of drug-likeness (QED) is 0.480. The van der Waals surface area contributed by atoms with E-state index in [4.69, 9.17) is 23.2 Å². The molecule has 4 aromatic rings. The SMILES string of the molecule is Cc1cnc2nc(-c3cc(NC(=O)c4ccccc4Cl)ccc3Cl)[nH]c2c1. The van der Waals surface area contributed by atoms with Crippen LogP contribution in [0.15, 0.2) is 54.7 Å². The first-order valence-electron chi connectivity index (χ1n) is 8.19. The number of anilines is 1. The molecule has 4 rings (SSSR count). The van der Waals surface area contributed by atoms with E-state index in [2.05, 4.69) is 20.3 Å². The third kappa shape index (κ3) is 3.52. The molecule has 0 saturated carbocycles. The predicted molar refractivity (Wildman–Crippen MR) is 108 cm³/mol. The number of halogens is 2. The average Bonchev–Trinajstić information content (AvgIpc) is 3.06. The fourth-order valence-electron chi connectivity index (χ4n) is 2.76. The number of nitrogens with zero attached hydrogens (tertiary/aromatic N) is 2. The number of aryl methyl sites for hydroxylation is 1. The Balaban J connectivity index is 1.68. The maximum absolute atomic E-state index is 12.5. The second kappa shape index (κ2) is 7.02. The maximum atomic E-state index is 12.5. The summed E-state index contributed by atoms with van der Waals surface area (Å²) in [5.74, 6) is 0.290. The van der Waals surface area contributed by atoms with Crippen LogP contribution in [0.3, 0.4) is 0 Å². The lowest BCUT2D eigenvalue weighted by Gasteiger charge is -2.09. The minimum atomic E-state index is -0.296.